The minimum Gasteiger partial charge on any atom is -0.299 e. The molecule has 64 valence electrons. The average Bonchev–Trinajstić information content (AvgIpc) is 2.67. The Hall–Kier alpha value is -1.51. The number of nitrogens with one attached hydrogen (secondary N) is 1. The van der Waals surface area contributed by atoms with Gasteiger partial charge in [-0.2, -0.15) is 4.40 Å². The van der Waals surface area contributed by atoms with Gasteiger partial charge in [0.2, 0.25) is 0 Å². The quantitative estimate of drug-likeness (QED) is 0.537. The van der Waals surface area contributed by atoms with Crippen molar-refractivity contribution in [3.05, 3.63) is 41.6 Å². The number of hydrogen-bond acceptors (Lipinski definition) is 4. The summed E-state index contributed by atoms with van der Waals surface area (Å²) >= 11 is 1.15. The molecule has 1 N–H and O–H groups in total. The van der Waals surface area contributed by atoms with Crippen molar-refractivity contribution in [1.82, 2.24) is 4.72 Å². The summed E-state index contributed by atoms with van der Waals surface area (Å²) in [6.45, 7) is 0. The fraction of sp³-hybridized carbons (Fsp3) is 0. The summed E-state index contributed by atoms with van der Waals surface area (Å²) in [6.07, 6.45) is 0. The van der Waals surface area contributed by atoms with Gasteiger partial charge in [-0.15, -0.1) is 0 Å². The van der Waals surface area contributed by atoms with Crippen LogP contribution in [0.15, 0.2) is 40.4 Å². The molecule has 1 aliphatic heterocycles. The van der Waals surface area contributed by atoms with Gasteiger partial charge in [0.25, 0.3) is 0 Å². The van der Waals surface area contributed by atoms with Gasteiger partial charge in [-0.25, -0.2) is 4.79 Å². The fourth-order valence-electron chi connectivity index (χ4n) is 1.07. The molecule has 0 amide bonds. The second kappa shape index (κ2) is 3.47. The van der Waals surface area contributed by atoms with Gasteiger partial charge in [0.15, 0.2) is 11.6 Å². The van der Waals surface area contributed by atoms with Gasteiger partial charge >= 0.3 is 0 Å². The molecular weight excluding hydrogens is 184 g/mol. The fourth-order valence-corrected chi connectivity index (χ4v) is 1.63. The van der Waals surface area contributed by atoms with Crippen LogP contribution in [-0.2, 0) is 4.79 Å². The average molecular weight is 190 g/mol. The number of nitrogens with zero attached hydrogens (tertiary/aromatic N) is 1. The van der Waals surface area contributed by atoms with E-state index in [0.29, 0.717) is 11.4 Å². The highest BCUT2D eigenvalue weighted by molar-refractivity contribution is 7.96. The van der Waals surface area contributed by atoms with Crippen LogP contribution in [0.3, 0.4) is 0 Å². The lowest BCUT2D eigenvalue weighted by Gasteiger charge is -1.97. The first-order valence-electron chi connectivity index (χ1n) is 3.73. The number of allylic oxidation sites excluding steroid dienone is 1. The molecular formula is C9H6N2OS. The summed E-state index contributed by atoms with van der Waals surface area (Å²) in [7, 11) is 0. The van der Waals surface area contributed by atoms with E-state index >= 15 is 0 Å². The van der Waals surface area contributed by atoms with Gasteiger partial charge in [-0.1, -0.05) is 30.3 Å². The SMILES string of the molecule is O=C=C1NSN=C1c1ccccc1. The Labute approximate surface area is 79.8 Å². The summed E-state index contributed by atoms with van der Waals surface area (Å²) in [6, 6.07) is 9.55. The molecule has 0 atom stereocenters. The Kier molecular flexibility index (Phi) is 2.17. The summed E-state index contributed by atoms with van der Waals surface area (Å²) < 4.78 is 6.84. The molecule has 2 rings (SSSR count). The zero-order valence-corrected chi connectivity index (χ0v) is 7.47. The maximum absolute atomic E-state index is 10.5. The summed E-state index contributed by atoms with van der Waals surface area (Å²) in [5, 5.41) is 0. The van der Waals surface area contributed by atoms with Crippen molar-refractivity contribution in [1.29, 1.82) is 0 Å². The third kappa shape index (κ3) is 1.49. The highest BCUT2D eigenvalue weighted by Gasteiger charge is 2.16. The molecule has 1 aliphatic rings. The van der Waals surface area contributed by atoms with Crippen LogP contribution in [0, 0.1) is 0 Å². The Morgan fingerprint density at radius 2 is 2.08 bits per heavy atom. The number of benzene rings is 1. The van der Waals surface area contributed by atoms with Gasteiger partial charge in [-0.3, -0.25) is 4.72 Å². The smallest absolute Gasteiger partial charge is 0.158 e. The molecule has 4 heteroatoms. The molecule has 13 heavy (non-hydrogen) atoms. The van der Waals surface area contributed by atoms with E-state index < -0.39 is 0 Å². The molecule has 0 spiro atoms. The Morgan fingerprint density at radius 1 is 1.31 bits per heavy atom. The molecule has 0 unspecified atom stereocenters. The topological polar surface area (TPSA) is 41.5 Å². The standard InChI is InChI=1S/C9H6N2OS/c12-6-8-9(11-13-10-8)7-4-2-1-3-5-7/h1-5,10H. The maximum atomic E-state index is 10.5. The first kappa shape index (κ1) is 8.10. The van der Waals surface area contributed by atoms with E-state index in [1.54, 1.807) is 0 Å². The highest BCUT2D eigenvalue weighted by Crippen LogP contribution is 2.17. The number of carbonyl (C=O) groups excluding carboxylic acids is 1. The highest BCUT2D eigenvalue weighted by atomic mass is 32.2. The lowest BCUT2D eigenvalue weighted by atomic mass is 10.1. The molecule has 0 aromatic heterocycles. The second-order valence-corrected chi connectivity index (χ2v) is 3.05. The van der Waals surface area contributed by atoms with Gasteiger partial charge in [0, 0.05) is 5.56 Å². The Balaban J connectivity index is 2.43. The van der Waals surface area contributed by atoms with Gasteiger partial charge in [0.1, 0.15) is 5.71 Å². The Morgan fingerprint density at radius 3 is 2.77 bits per heavy atom. The van der Waals surface area contributed by atoms with Crippen LogP contribution in [0.4, 0.5) is 0 Å². The largest absolute Gasteiger partial charge is 0.299 e. The van der Waals surface area contributed by atoms with Gasteiger partial charge in [0.05, 0.1) is 12.1 Å². The lowest BCUT2D eigenvalue weighted by molar-refractivity contribution is 0.567. The van der Waals surface area contributed by atoms with Crippen LogP contribution in [-0.4, -0.2) is 11.7 Å². The van der Waals surface area contributed by atoms with Crippen molar-refractivity contribution in [2.24, 2.45) is 4.40 Å². The molecule has 0 radical (unpaired) electrons. The number of hydrogen-bond donors (Lipinski definition) is 1. The van der Waals surface area contributed by atoms with Crippen LogP contribution in [0.5, 0.6) is 0 Å². The van der Waals surface area contributed by atoms with Crippen LogP contribution in [0.2, 0.25) is 0 Å². The van der Waals surface area contributed by atoms with E-state index in [2.05, 4.69) is 9.12 Å². The molecule has 1 aromatic carbocycles. The molecule has 0 bridgehead atoms. The van der Waals surface area contributed by atoms with Crippen molar-refractivity contribution >= 4 is 23.8 Å². The second-order valence-electron chi connectivity index (χ2n) is 2.48. The first-order valence-corrected chi connectivity index (χ1v) is 4.50. The minimum atomic E-state index is 0.413. The molecule has 0 fully saturated rings. The van der Waals surface area contributed by atoms with Gasteiger partial charge in [-0.05, 0) is 0 Å². The molecule has 3 nitrogen and oxygen atoms in total. The lowest BCUT2D eigenvalue weighted by Crippen LogP contribution is -2.08. The third-order valence-corrected chi connectivity index (χ3v) is 2.24. The summed E-state index contributed by atoms with van der Waals surface area (Å²) in [4.78, 5) is 10.5. The van der Waals surface area contributed by atoms with Crippen molar-refractivity contribution in [3.8, 4) is 0 Å². The van der Waals surface area contributed by atoms with E-state index in [9.17, 15) is 4.79 Å². The molecule has 1 aromatic rings. The minimum absolute atomic E-state index is 0.413. The summed E-state index contributed by atoms with van der Waals surface area (Å²) in [5.74, 6) is 1.82. The van der Waals surface area contributed by atoms with Crippen molar-refractivity contribution in [2.45, 2.75) is 0 Å². The van der Waals surface area contributed by atoms with Crippen LogP contribution in [0.1, 0.15) is 5.56 Å². The monoisotopic (exact) mass is 190 g/mol. The van der Waals surface area contributed by atoms with E-state index in [0.717, 1.165) is 17.7 Å². The van der Waals surface area contributed by atoms with Crippen LogP contribution < -0.4 is 4.72 Å². The van der Waals surface area contributed by atoms with Crippen molar-refractivity contribution < 1.29 is 4.79 Å². The predicted octanol–water partition coefficient (Wildman–Crippen LogP) is 1.36. The molecule has 0 saturated heterocycles. The van der Waals surface area contributed by atoms with E-state index in [1.165, 1.54) is 0 Å². The third-order valence-electron chi connectivity index (χ3n) is 1.67. The predicted molar refractivity (Wildman–Crippen MR) is 52.9 cm³/mol. The van der Waals surface area contributed by atoms with E-state index in [1.807, 2.05) is 36.3 Å². The van der Waals surface area contributed by atoms with E-state index in [-0.39, 0.29) is 0 Å². The van der Waals surface area contributed by atoms with Crippen LogP contribution in [0.25, 0.3) is 0 Å². The van der Waals surface area contributed by atoms with Gasteiger partial charge < -0.3 is 0 Å². The molecule has 1 heterocycles. The summed E-state index contributed by atoms with van der Waals surface area (Å²) in [5.41, 5.74) is 2.01. The first-order chi connectivity index (χ1) is 6.42. The zero-order chi connectivity index (χ0) is 9.10. The zero-order valence-electron chi connectivity index (χ0n) is 6.65. The van der Waals surface area contributed by atoms with Crippen LogP contribution >= 0.6 is 12.1 Å². The normalized spacial score (nSPS) is 14.8. The Bertz CT molecular complexity index is 393. The number of rotatable bonds is 1. The molecule has 0 aliphatic carbocycles. The van der Waals surface area contributed by atoms with E-state index in [4.69, 9.17) is 0 Å². The van der Waals surface area contributed by atoms with Crippen molar-refractivity contribution in [2.75, 3.05) is 0 Å². The maximum Gasteiger partial charge on any atom is 0.158 e. The molecule has 0 saturated carbocycles. The van der Waals surface area contributed by atoms with Crippen molar-refractivity contribution in [3.63, 3.8) is 0 Å².